The number of halogens is 2. The summed E-state index contributed by atoms with van der Waals surface area (Å²) in [5, 5.41) is 14.5. The highest BCUT2D eigenvalue weighted by Gasteiger charge is 2.35. The molecule has 0 saturated heterocycles. The minimum atomic E-state index is -4.66. The number of nitro benzene ring substituents is 1. The summed E-state index contributed by atoms with van der Waals surface area (Å²) >= 11 is 6.22. The molecule has 3 aromatic carbocycles. The first-order valence-electron chi connectivity index (χ1n) is 13.1. The van der Waals surface area contributed by atoms with Gasteiger partial charge in [-0.3, -0.25) is 24.0 Å². The lowest BCUT2D eigenvalue weighted by Crippen LogP contribution is -2.52. The van der Waals surface area contributed by atoms with Crippen molar-refractivity contribution in [1.29, 1.82) is 0 Å². The zero-order valence-electron chi connectivity index (χ0n) is 24.2. The van der Waals surface area contributed by atoms with Crippen LogP contribution in [0.4, 0.5) is 15.8 Å². The van der Waals surface area contributed by atoms with Crippen LogP contribution in [0.2, 0.25) is 5.02 Å². The van der Waals surface area contributed by atoms with E-state index in [1.807, 2.05) is 0 Å². The molecule has 1 atom stereocenters. The van der Waals surface area contributed by atoms with Crippen molar-refractivity contribution in [3.8, 4) is 5.75 Å². The Bertz CT molecular complexity index is 1620. The number of carbonyl (C=O) groups excluding carboxylic acids is 2. The number of hydrogen-bond acceptors (Lipinski definition) is 7. The van der Waals surface area contributed by atoms with E-state index < -0.39 is 55.7 Å². The Kier molecular flexibility index (Phi) is 10.7. The molecule has 0 radical (unpaired) electrons. The molecule has 0 aromatic heterocycles. The van der Waals surface area contributed by atoms with Crippen molar-refractivity contribution in [2.24, 2.45) is 0 Å². The number of nitrogens with zero attached hydrogens (tertiary/aromatic N) is 3. The molecule has 14 heteroatoms. The second kappa shape index (κ2) is 13.8. The molecule has 0 aliphatic heterocycles. The second-order valence-corrected chi connectivity index (χ2v) is 12.3. The van der Waals surface area contributed by atoms with Crippen LogP contribution in [0.3, 0.4) is 0 Å². The first kappa shape index (κ1) is 33.3. The molecule has 2 amide bonds. The zero-order valence-corrected chi connectivity index (χ0v) is 25.8. The molecule has 1 N–H and O–H groups in total. The lowest BCUT2D eigenvalue weighted by molar-refractivity contribution is -0.385. The predicted molar refractivity (Wildman–Crippen MR) is 160 cm³/mol. The normalized spacial score (nSPS) is 12.0. The maximum absolute atomic E-state index is 14.1. The molecule has 0 fully saturated rings. The molecule has 11 nitrogen and oxygen atoms in total. The lowest BCUT2D eigenvalue weighted by Gasteiger charge is -2.32. The van der Waals surface area contributed by atoms with Gasteiger partial charge in [0, 0.05) is 29.2 Å². The zero-order chi connectivity index (χ0) is 32.1. The SMILES string of the molecule is COc1ccc(Cl)cc1N(CC(=O)N(Cc1ccc(F)cc1)C(C)C(=O)NC(C)C)S(=O)(=O)c1ccc(C)c([N+](=O)[O-])c1. The summed E-state index contributed by atoms with van der Waals surface area (Å²) in [4.78, 5) is 38.6. The van der Waals surface area contributed by atoms with E-state index in [2.05, 4.69) is 5.32 Å². The van der Waals surface area contributed by atoms with E-state index in [9.17, 15) is 32.5 Å². The maximum Gasteiger partial charge on any atom is 0.273 e. The molecule has 0 saturated carbocycles. The monoisotopic (exact) mass is 634 g/mol. The fourth-order valence-corrected chi connectivity index (χ4v) is 5.82. The van der Waals surface area contributed by atoms with E-state index in [-0.39, 0.29) is 34.6 Å². The van der Waals surface area contributed by atoms with Gasteiger partial charge in [-0.1, -0.05) is 29.8 Å². The number of carbonyl (C=O) groups is 2. The van der Waals surface area contributed by atoms with E-state index in [0.717, 1.165) is 10.4 Å². The van der Waals surface area contributed by atoms with E-state index in [4.69, 9.17) is 16.3 Å². The Morgan fingerprint density at radius 2 is 1.72 bits per heavy atom. The molecule has 230 valence electrons. The summed E-state index contributed by atoms with van der Waals surface area (Å²) in [6.45, 7) is 5.46. The van der Waals surface area contributed by atoms with Gasteiger partial charge in [-0.05, 0) is 69.7 Å². The van der Waals surface area contributed by atoms with Crippen molar-refractivity contribution in [2.45, 2.75) is 51.2 Å². The number of nitro groups is 1. The molecule has 3 rings (SSSR count). The maximum atomic E-state index is 14.1. The number of anilines is 1. The van der Waals surface area contributed by atoms with Crippen molar-refractivity contribution >= 4 is 44.8 Å². The standard InChI is InChI=1S/C29H32ClFN4O7S/c1-18(2)32-29(37)20(4)33(16-21-7-10-23(31)11-8-21)28(36)17-34(26-14-22(30)9-13-27(26)42-5)43(40,41)24-12-6-19(3)25(15-24)35(38)39/h6-15,18,20H,16-17H2,1-5H3,(H,32,37). The average Bonchev–Trinajstić information content (AvgIpc) is 2.94. The number of rotatable bonds is 12. The summed E-state index contributed by atoms with van der Waals surface area (Å²) in [7, 11) is -3.35. The molecule has 0 spiro atoms. The van der Waals surface area contributed by atoms with Crippen molar-refractivity contribution in [2.75, 3.05) is 18.0 Å². The van der Waals surface area contributed by atoms with E-state index in [1.165, 1.54) is 80.5 Å². The molecule has 0 aliphatic rings. The van der Waals surface area contributed by atoms with Crippen LogP contribution in [0.5, 0.6) is 5.75 Å². The topological polar surface area (TPSA) is 139 Å². The van der Waals surface area contributed by atoms with Gasteiger partial charge in [0.2, 0.25) is 11.8 Å². The van der Waals surface area contributed by atoms with Gasteiger partial charge in [-0.25, -0.2) is 12.8 Å². The second-order valence-electron chi connectivity index (χ2n) is 10.0. The van der Waals surface area contributed by atoms with Crippen molar-refractivity contribution in [3.05, 3.63) is 92.7 Å². The third kappa shape index (κ3) is 7.99. The first-order chi connectivity index (χ1) is 20.1. The van der Waals surface area contributed by atoms with Crippen LogP contribution in [0.25, 0.3) is 0 Å². The summed E-state index contributed by atoms with van der Waals surface area (Å²) in [5.41, 5.74) is 0.195. The number of hydrogen-bond donors (Lipinski definition) is 1. The quantitative estimate of drug-likeness (QED) is 0.222. The van der Waals surface area contributed by atoms with Crippen LogP contribution in [0, 0.1) is 22.9 Å². The minimum absolute atomic E-state index is 0.0538. The van der Waals surface area contributed by atoms with E-state index in [0.29, 0.717) is 5.56 Å². The Hall–Kier alpha value is -4.23. The number of amides is 2. The van der Waals surface area contributed by atoms with Crippen molar-refractivity contribution in [3.63, 3.8) is 0 Å². The van der Waals surface area contributed by atoms with Gasteiger partial charge in [0.25, 0.3) is 15.7 Å². The fraction of sp³-hybridized carbons (Fsp3) is 0.310. The van der Waals surface area contributed by atoms with Crippen LogP contribution in [0.1, 0.15) is 31.9 Å². The van der Waals surface area contributed by atoms with E-state index in [1.54, 1.807) is 13.8 Å². The Balaban J connectivity index is 2.16. The predicted octanol–water partition coefficient (Wildman–Crippen LogP) is 4.84. The highest BCUT2D eigenvalue weighted by molar-refractivity contribution is 7.92. The van der Waals surface area contributed by atoms with Crippen LogP contribution in [-0.2, 0) is 26.2 Å². The number of aryl methyl sites for hydroxylation is 1. The van der Waals surface area contributed by atoms with Crippen LogP contribution < -0.4 is 14.4 Å². The van der Waals surface area contributed by atoms with E-state index >= 15 is 0 Å². The third-order valence-corrected chi connectivity index (χ3v) is 8.51. The third-order valence-electron chi connectivity index (χ3n) is 6.52. The number of ether oxygens (including phenoxy) is 1. The van der Waals surface area contributed by atoms with Gasteiger partial charge < -0.3 is 15.0 Å². The van der Waals surface area contributed by atoms with Gasteiger partial charge >= 0.3 is 0 Å². The largest absolute Gasteiger partial charge is 0.495 e. The molecule has 3 aromatic rings. The molecule has 0 bridgehead atoms. The number of nitrogens with one attached hydrogen (secondary N) is 1. The summed E-state index contributed by atoms with van der Waals surface area (Å²) in [6.07, 6.45) is 0. The molecular formula is C29H32ClFN4O7S. The van der Waals surface area contributed by atoms with Crippen LogP contribution >= 0.6 is 11.6 Å². The Labute approximate surface area is 254 Å². The minimum Gasteiger partial charge on any atom is -0.495 e. The Morgan fingerprint density at radius 1 is 1.07 bits per heavy atom. The molecular weight excluding hydrogens is 603 g/mol. The van der Waals surface area contributed by atoms with Gasteiger partial charge in [-0.2, -0.15) is 0 Å². The van der Waals surface area contributed by atoms with Crippen LogP contribution in [0.15, 0.2) is 65.6 Å². The molecule has 0 aliphatic carbocycles. The van der Waals surface area contributed by atoms with Gasteiger partial charge in [0.15, 0.2) is 0 Å². The van der Waals surface area contributed by atoms with Crippen LogP contribution in [-0.4, -0.2) is 55.8 Å². The van der Waals surface area contributed by atoms with Gasteiger partial charge in [0.1, 0.15) is 24.2 Å². The molecule has 0 heterocycles. The average molecular weight is 635 g/mol. The molecule has 1 unspecified atom stereocenters. The molecule has 43 heavy (non-hydrogen) atoms. The highest BCUT2D eigenvalue weighted by Crippen LogP contribution is 2.36. The summed E-state index contributed by atoms with van der Waals surface area (Å²) in [6, 6.07) is 11.5. The fourth-order valence-electron chi connectivity index (χ4n) is 4.22. The van der Waals surface area contributed by atoms with Gasteiger partial charge in [0.05, 0.1) is 22.6 Å². The van der Waals surface area contributed by atoms with Crippen molar-refractivity contribution < 1.29 is 32.1 Å². The van der Waals surface area contributed by atoms with Crippen molar-refractivity contribution in [1.82, 2.24) is 10.2 Å². The lowest BCUT2D eigenvalue weighted by atomic mass is 10.1. The smallest absolute Gasteiger partial charge is 0.273 e. The summed E-state index contributed by atoms with van der Waals surface area (Å²) in [5.74, 6) is -1.72. The highest BCUT2D eigenvalue weighted by atomic mass is 35.5. The first-order valence-corrected chi connectivity index (χ1v) is 14.9. The Morgan fingerprint density at radius 3 is 2.30 bits per heavy atom. The van der Waals surface area contributed by atoms with Gasteiger partial charge in [-0.15, -0.1) is 0 Å². The summed E-state index contributed by atoms with van der Waals surface area (Å²) < 4.78 is 47.9. The number of benzene rings is 3. The number of methoxy groups -OCH3 is 1. The number of sulfonamides is 1.